The van der Waals surface area contributed by atoms with Crippen LogP contribution < -0.4 is 0 Å². The molecule has 9 nitrogen and oxygen atoms in total. The van der Waals surface area contributed by atoms with E-state index in [2.05, 4.69) is 0 Å². The zero-order valence-corrected chi connectivity index (χ0v) is 66.4. The maximum absolute atomic E-state index is 9.37. The first-order valence-corrected chi connectivity index (χ1v) is 7.27. The summed E-state index contributed by atoms with van der Waals surface area (Å²) in [5.74, 6) is 0. The minimum Gasteiger partial charge on any atom is -0.395 e. The average Bonchev–Trinajstić information content (AvgIpc) is 2.70. The number of hydrogen-bond acceptors (Lipinski definition) is 9. The van der Waals surface area contributed by atoms with Crippen molar-refractivity contribution in [3.8, 4) is 0 Å². The van der Waals surface area contributed by atoms with Crippen molar-refractivity contribution in [1.29, 1.82) is 0 Å². The summed E-state index contributed by atoms with van der Waals surface area (Å²) in [7, 11) is 3.44. The molecule has 7 N–H and O–H groups in total. The molecule has 0 aromatic heterocycles. The maximum Gasteiger partial charge on any atom is 0.109 e. The Morgan fingerprint density at radius 2 is 0.632 bits per heavy atom. The van der Waals surface area contributed by atoms with Gasteiger partial charge in [-0.1, -0.05) is 0 Å². The first-order valence-electron chi connectivity index (χ1n) is 7.27. The average molecular weight is 3270 g/mol. The number of piperidine rings is 1. The van der Waals surface area contributed by atoms with Gasteiger partial charge in [0.2, 0.25) is 0 Å². The standard InChI is InChI=1S/C7H15NO4.C6H13NO3.16W/c1-8-2-5(10)7(12)6(11)4(8)3-9;1-7-2-5(9)6(10)4(7)3-8;;;;;;;;;;;;;;;;/h4-7,9-12H,2-3H2,1H3;4-6,8-10H,2-3H2,1H3;;;;;;;;;;;;;;;;/t4-,5+,6-,7-;4-,5-,6-;;;;;;;;;;;;;;;;/m11................/s1. The topological polar surface area (TPSA) is 148 Å². The summed E-state index contributed by atoms with van der Waals surface area (Å²) in [4.78, 5) is 3.37. The van der Waals surface area contributed by atoms with Crippen molar-refractivity contribution in [3.63, 3.8) is 0 Å². The Balaban J connectivity index is -0.0000000129. The molecule has 0 unspecified atom stereocenters. The SMILES string of the molecule is CN1C[C@@H](O)[C@H](O)[C@H]1CO.CN1C[C@H](O)[C@@H](O)[C@H](O)[C@H]1CO.[W].[W].[W].[W].[W].[W].[W].[W].[W].[W].[W].[W].[W].[W].[W].[W]. The van der Waals surface area contributed by atoms with Gasteiger partial charge in [-0.15, -0.1) is 0 Å². The monoisotopic (exact) mass is 3270 g/mol. The van der Waals surface area contributed by atoms with Crippen LogP contribution in [0.1, 0.15) is 0 Å². The van der Waals surface area contributed by atoms with Crippen molar-refractivity contribution >= 4 is 0 Å². The molecule has 2 saturated heterocycles. The number of aliphatic hydroxyl groups excluding tert-OH is 7. The molecule has 2 fully saturated rings. The van der Waals surface area contributed by atoms with Gasteiger partial charge >= 0.3 is 0 Å². The van der Waals surface area contributed by atoms with Gasteiger partial charge in [0, 0.05) is 350 Å². The molecular weight excluding hydrogens is 3240 g/mol. The van der Waals surface area contributed by atoms with E-state index < -0.39 is 36.6 Å². The molecule has 0 radical (unpaired) electrons. The summed E-state index contributed by atoms with van der Waals surface area (Å²) in [5, 5.41) is 63.6. The number of β-amino-alcohol motifs (C(OH)–C–C–N with tert-alkyl or cyclic N) is 2. The number of nitrogens with zero attached hydrogens (tertiary/aromatic N) is 2. The Morgan fingerprint density at radius 1 is 0.421 bits per heavy atom. The van der Waals surface area contributed by atoms with Crippen molar-refractivity contribution in [2.45, 2.75) is 42.6 Å². The summed E-state index contributed by atoms with van der Waals surface area (Å²) in [6.07, 6.45) is -4.67. The fourth-order valence-electron chi connectivity index (χ4n) is 2.80. The number of likely N-dealkylation sites (tertiary alicyclic amines) is 2. The van der Waals surface area contributed by atoms with Crippen molar-refractivity contribution in [2.24, 2.45) is 0 Å². The first kappa shape index (κ1) is 104. The predicted molar refractivity (Wildman–Crippen MR) is 77.0 cm³/mol. The number of hydrogen-bond donors (Lipinski definition) is 7. The molecule has 0 bridgehead atoms. The second-order valence-electron chi connectivity index (χ2n) is 5.99. The molecule has 0 aliphatic carbocycles. The van der Waals surface area contributed by atoms with Gasteiger partial charge in [-0.3, -0.25) is 9.80 Å². The Hall–Kier alpha value is 10.7. The van der Waals surface area contributed by atoms with E-state index in [1.165, 1.54) is 0 Å². The van der Waals surface area contributed by atoms with Crippen LogP contribution in [0.25, 0.3) is 0 Å². The third kappa shape index (κ3) is 37.9. The van der Waals surface area contributed by atoms with Crippen LogP contribution in [0.2, 0.25) is 0 Å². The fourth-order valence-corrected chi connectivity index (χ4v) is 2.80. The summed E-state index contributed by atoms with van der Waals surface area (Å²) in [6.45, 7) is 0.381. The number of likely N-dealkylation sites (N-methyl/N-ethyl adjacent to an activating group) is 2. The third-order valence-electron chi connectivity index (χ3n) is 4.38. The summed E-state index contributed by atoms with van der Waals surface area (Å²) < 4.78 is 0. The molecular formula is C13H28N2O7W16. The minimum absolute atomic E-state index is 0. The molecule has 0 amide bonds. The second-order valence-corrected chi connectivity index (χ2v) is 5.99. The Labute approximate surface area is 455 Å². The molecule has 7 atom stereocenters. The zero-order valence-electron chi connectivity index (χ0n) is 19.4. The van der Waals surface area contributed by atoms with Gasteiger partial charge in [-0.25, -0.2) is 0 Å². The van der Waals surface area contributed by atoms with Gasteiger partial charge in [0.15, 0.2) is 0 Å². The Morgan fingerprint density at radius 3 is 0.842 bits per heavy atom. The molecule has 2 aliphatic rings. The summed E-state index contributed by atoms with van der Waals surface area (Å²) in [5.41, 5.74) is 0. The van der Waals surface area contributed by atoms with E-state index in [0.29, 0.717) is 6.54 Å². The molecule has 0 aromatic rings. The normalized spacial score (nSPS) is 25.3. The largest absolute Gasteiger partial charge is 0.395 e. The third-order valence-corrected chi connectivity index (χ3v) is 4.38. The van der Waals surface area contributed by atoms with Crippen LogP contribution in [0, 0.1) is 0 Å². The maximum atomic E-state index is 9.37. The van der Waals surface area contributed by atoms with Crippen LogP contribution in [0.3, 0.4) is 0 Å². The van der Waals surface area contributed by atoms with Crippen molar-refractivity contribution < 1.29 is 373 Å². The van der Waals surface area contributed by atoms with Crippen molar-refractivity contribution in [3.05, 3.63) is 0 Å². The molecule has 2 heterocycles. The molecule has 38 heavy (non-hydrogen) atoms. The second kappa shape index (κ2) is 59.8. The van der Waals surface area contributed by atoms with Gasteiger partial charge in [0.1, 0.15) is 12.2 Å². The summed E-state index contributed by atoms with van der Waals surface area (Å²) in [6, 6.07) is -0.779. The van der Waals surface area contributed by atoms with Crippen LogP contribution in [-0.4, -0.2) is 129 Å². The van der Waals surface area contributed by atoms with Gasteiger partial charge in [-0.05, 0) is 14.1 Å². The van der Waals surface area contributed by atoms with Crippen LogP contribution in [0.4, 0.5) is 0 Å². The Bertz CT molecular complexity index is 373. The first-order chi connectivity index (χ1) is 10.2. The van der Waals surface area contributed by atoms with Gasteiger partial charge in [-0.2, -0.15) is 0 Å². The zero-order chi connectivity index (χ0) is 17.0. The quantitative estimate of drug-likeness (QED) is 0.145. The molecule has 2 rings (SSSR count). The van der Waals surface area contributed by atoms with Crippen molar-refractivity contribution in [1.82, 2.24) is 9.80 Å². The van der Waals surface area contributed by atoms with Crippen LogP contribution in [-0.2, 0) is 337 Å². The van der Waals surface area contributed by atoms with E-state index in [-0.39, 0.29) is 363 Å². The van der Waals surface area contributed by atoms with E-state index in [0.717, 1.165) is 0 Å². The smallest absolute Gasteiger partial charge is 0.109 e. The van der Waals surface area contributed by atoms with Gasteiger partial charge in [0.25, 0.3) is 0 Å². The molecule has 0 saturated carbocycles. The van der Waals surface area contributed by atoms with E-state index in [4.69, 9.17) is 15.3 Å². The van der Waals surface area contributed by atoms with E-state index >= 15 is 0 Å². The van der Waals surface area contributed by atoms with E-state index in [1.54, 1.807) is 23.9 Å². The Kier molecular flexibility index (Phi) is 163. The van der Waals surface area contributed by atoms with Crippen molar-refractivity contribution in [2.75, 3.05) is 40.4 Å². The fraction of sp³-hybridized carbons (Fsp3) is 1.00. The van der Waals surface area contributed by atoms with Gasteiger partial charge < -0.3 is 35.7 Å². The van der Waals surface area contributed by atoms with Crippen LogP contribution in [0.15, 0.2) is 0 Å². The number of aliphatic hydroxyl groups is 7. The summed E-state index contributed by atoms with van der Waals surface area (Å²) >= 11 is 0. The van der Waals surface area contributed by atoms with Gasteiger partial charge in [0.05, 0.1) is 43.6 Å². The predicted octanol–water partition coefficient (Wildman–Crippen LogP) is -4.65. The molecule has 0 aromatic carbocycles. The molecule has 2 aliphatic heterocycles. The van der Waals surface area contributed by atoms with Crippen LogP contribution in [0.5, 0.6) is 0 Å². The number of rotatable bonds is 2. The minimum atomic E-state index is -1.15. The van der Waals surface area contributed by atoms with E-state index in [1.807, 2.05) is 0 Å². The molecule has 228 valence electrons. The van der Waals surface area contributed by atoms with E-state index in [9.17, 15) is 20.4 Å². The molecule has 0 spiro atoms. The molecule has 25 heteroatoms. The van der Waals surface area contributed by atoms with Crippen LogP contribution >= 0.6 is 0 Å².